The van der Waals surface area contributed by atoms with Gasteiger partial charge in [-0.05, 0) is 93.1 Å². The third-order valence-corrected chi connectivity index (χ3v) is 5.82. The molecule has 0 nitrogen and oxygen atoms in total. The van der Waals surface area contributed by atoms with E-state index in [1.54, 1.807) is 12.1 Å². The van der Waals surface area contributed by atoms with Crippen molar-refractivity contribution >= 4 is 22.6 Å². The number of hydrogen-bond acceptors (Lipinski definition) is 0. The minimum absolute atomic E-state index is 0.323. The van der Waals surface area contributed by atoms with E-state index >= 15 is 0 Å². The molecule has 0 fully saturated rings. The van der Waals surface area contributed by atoms with Gasteiger partial charge in [0.1, 0.15) is 0 Å². The van der Waals surface area contributed by atoms with Gasteiger partial charge in [0.2, 0.25) is 0 Å². The van der Waals surface area contributed by atoms with Crippen molar-refractivity contribution < 1.29 is 13.2 Å². The highest BCUT2D eigenvalue weighted by Crippen LogP contribution is 2.25. The standard InChI is InChI=1S/C26H18F3I/c27-24-15-22(16-25(28)26(24)29)21-9-5-18(6-10-21)2-1-17-3-7-19(8-4-17)20-11-13-23(30)14-12-20/h3-16H,1-2H2. The van der Waals surface area contributed by atoms with Crippen LogP contribution in [0.1, 0.15) is 11.1 Å². The highest BCUT2D eigenvalue weighted by Gasteiger charge is 2.11. The summed E-state index contributed by atoms with van der Waals surface area (Å²) in [6.07, 6.45) is 1.75. The molecular weight excluding hydrogens is 496 g/mol. The first kappa shape index (κ1) is 20.7. The Hall–Kier alpha value is -2.60. The van der Waals surface area contributed by atoms with E-state index in [0.717, 1.165) is 30.5 Å². The Morgan fingerprint density at radius 2 is 0.867 bits per heavy atom. The van der Waals surface area contributed by atoms with Crippen LogP contribution in [0.5, 0.6) is 0 Å². The summed E-state index contributed by atoms with van der Waals surface area (Å²) >= 11 is 2.30. The number of benzene rings is 4. The number of aryl methyl sites for hydroxylation is 2. The van der Waals surface area contributed by atoms with Crippen molar-refractivity contribution in [2.75, 3.05) is 0 Å². The molecule has 0 aliphatic carbocycles. The molecule has 4 rings (SSSR count). The van der Waals surface area contributed by atoms with E-state index in [2.05, 4.69) is 71.1 Å². The normalized spacial score (nSPS) is 10.9. The molecule has 0 bridgehead atoms. The maximum atomic E-state index is 13.5. The molecule has 30 heavy (non-hydrogen) atoms. The van der Waals surface area contributed by atoms with Crippen LogP contribution >= 0.6 is 22.6 Å². The first-order chi connectivity index (χ1) is 14.5. The molecule has 0 heterocycles. The Kier molecular flexibility index (Phi) is 6.23. The molecule has 150 valence electrons. The van der Waals surface area contributed by atoms with E-state index < -0.39 is 17.5 Å². The van der Waals surface area contributed by atoms with Crippen LogP contribution in [0.15, 0.2) is 84.9 Å². The highest BCUT2D eigenvalue weighted by atomic mass is 127. The Morgan fingerprint density at radius 1 is 0.500 bits per heavy atom. The molecule has 0 saturated carbocycles. The SMILES string of the molecule is Fc1cc(-c2ccc(CCc3ccc(-c4ccc(I)cc4)cc3)cc2)cc(F)c1F. The summed E-state index contributed by atoms with van der Waals surface area (Å²) in [5, 5.41) is 0. The van der Waals surface area contributed by atoms with Crippen LogP contribution in [-0.2, 0) is 12.8 Å². The number of hydrogen-bond donors (Lipinski definition) is 0. The topological polar surface area (TPSA) is 0 Å². The predicted molar refractivity (Wildman–Crippen MR) is 124 cm³/mol. The molecule has 4 aromatic carbocycles. The average Bonchev–Trinajstić information content (AvgIpc) is 2.77. The Morgan fingerprint density at radius 3 is 1.30 bits per heavy atom. The van der Waals surface area contributed by atoms with Gasteiger partial charge in [-0.2, -0.15) is 0 Å². The zero-order valence-electron chi connectivity index (χ0n) is 16.0. The fraction of sp³-hybridized carbons (Fsp3) is 0.0769. The van der Waals surface area contributed by atoms with Crippen molar-refractivity contribution in [3.63, 3.8) is 0 Å². The van der Waals surface area contributed by atoms with Crippen molar-refractivity contribution in [1.29, 1.82) is 0 Å². The second kappa shape index (κ2) is 9.04. The zero-order chi connectivity index (χ0) is 21.1. The average molecular weight is 514 g/mol. The van der Waals surface area contributed by atoms with Crippen LogP contribution in [-0.4, -0.2) is 0 Å². The monoisotopic (exact) mass is 514 g/mol. The number of rotatable bonds is 5. The second-order valence-electron chi connectivity index (χ2n) is 7.15. The van der Waals surface area contributed by atoms with Gasteiger partial charge in [0.25, 0.3) is 0 Å². The van der Waals surface area contributed by atoms with Gasteiger partial charge < -0.3 is 0 Å². The van der Waals surface area contributed by atoms with Gasteiger partial charge in [0, 0.05) is 3.57 Å². The van der Waals surface area contributed by atoms with Crippen LogP contribution in [0.25, 0.3) is 22.3 Å². The van der Waals surface area contributed by atoms with E-state index in [9.17, 15) is 13.2 Å². The van der Waals surface area contributed by atoms with Crippen LogP contribution < -0.4 is 0 Å². The van der Waals surface area contributed by atoms with E-state index in [1.807, 2.05) is 12.1 Å². The fourth-order valence-corrected chi connectivity index (χ4v) is 3.74. The Balaban J connectivity index is 1.41. The molecule has 0 aliphatic rings. The van der Waals surface area contributed by atoms with E-state index in [-0.39, 0.29) is 0 Å². The van der Waals surface area contributed by atoms with Crippen LogP contribution in [0.2, 0.25) is 0 Å². The van der Waals surface area contributed by atoms with Gasteiger partial charge in [0.05, 0.1) is 0 Å². The van der Waals surface area contributed by atoms with Gasteiger partial charge in [-0.15, -0.1) is 0 Å². The van der Waals surface area contributed by atoms with Crippen LogP contribution in [0.4, 0.5) is 13.2 Å². The lowest BCUT2D eigenvalue weighted by Gasteiger charge is -2.07. The molecule has 0 spiro atoms. The molecule has 0 amide bonds. The minimum Gasteiger partial charge on any atom is -0.204 e. The van der Waals surface area contributed by atoms with Crippen molar-refractivity contribution in [3.8, 4) is 22.3 Å². The third kappa shape index (κ3) is 4.75. The lowest BCUT2D eigenvalue weighted by atomic mass is 9.98. The predicted octanol–water partition coefficient (Wildman–Crippen LogP) is 7.83. The van der Waals surface area contributed by atoms with E-state index in [1.165, 1.54) is 20.3 Å². The summed E-state index contributed by atoms with van der Waals surface area (Å²) in [6.45, 7) is 0. The summed E-state index contributed by atoms with van der Waals surface area (Å²) in [5.74, 6) is -3.80. The summed E-state index contributed by atoms with van der Waals surface area (Å²) < 4.78 is 41.3. The lowest BCUT2D eigenvalue weighted by molar-refractivity contribution is 0.448. The third-order valence-electron chi connectivity index (χ3n) is 5.10. The summed E-state index contributed by atoms with van der Waals surface area (Å²) in [5.41, 5.74) is 5.74. The van der Waals surface area contributed by atoms with Crippen LogP contribution in [0.3, 0.4) is 0 Å². The quantitative estimate of drug-likeness (QED) is 0.188. The van der Waals surface area contributed by atoms with Crippen molar-refractivity contribution in [3.05, 3.63) is 117 Å². The van der Waals surface area contributed by atoms with Crippen molar-refractivity contribution in [1.82, 2.24) is 0 Å². The highest BCUT2D eigenvalue weighted by molar-refractivity contribution is 14.1. The van der Waals surface area contributed by atoms with Gasteiger partial charge in [-0.1, -0.05) is 60.7 Å². The Bertz CT molecular complexity index is 1130. The summed E-state index contributed by atoms with van der Waals surface area (Å²) in [4.78, 5) is 0. The van der Waals surface area contributed by atoms with Gasteiger partial charge in [-0.25, -0.2) is 13.2 Å². The first-order valence-electron chi connectivity index (χ1n) is 9.58. The Labute approximate surface area is 187 Å². The molecule has 4 aromatic rings. The van der Waals surface area contributed by atoms with Gasteiger partial charge >= 0.3 is 0 Å². The smallest absolute Gasteiger partial charge is 0.194 e. The van der Waals surface area contributed by atoms with Gasteiger partial charge in [-0.3, -0.25) is 0 Å². The molecule has 4 heteroatoms. The van der Waals surface area contributed by atoms with Crippen LogP contribution in [0, 0.1) is 21.0 Å². The molecular formula is C26H18F3I. The first-order valence-corrected chi connectivity index (χ1v) is 10.7. The largest absolute Gasteiger partial charge is 0.204 e. The lowest BCUT2D eigenvalue weighted by Crippen LogP contribution is -1.93. The van der Waals surface area contributed by atoms with Crippen molar-refractivity contribution in [2.45, 2.75) is 12.8 Å². The molecule has 0 unspecified atom stereocenters. The van der Waals surface area contributed by atoms with Gasteiger partial charge in [0.15, 0.2) is 17.5 Å². The summed E-state index contributed by atoms with van der Waals surface area (Å²) in [7, 11) is 0. The molecule has 0 aromatic heterocycles. The molecule has 0 aliphatic heterocycles. The molecule has 0 N–H and O–H groups in total. The number of halogens is 4. The molecule has 0 radical (unpaired) electrons. The maximum absolute atomic E-state index is 13.5. The maximum Gasteiger partial charge on any atom is 0.194 e. The van der Waals surface area contributed by atoms with E-state index in [4.69, 9.17) is 0 Å². The summed E-state index contributed by atoms with van der Waals surface area (Å²) in [6, 6.07) is 26.5. The second-order valence-corrected chi connectivity index (χ2v) is 8.40. The molecule has 0 saturated heterocycles. The minimum atomic E-state index is -1.44. The fourth-order valence-electron chi connectivity index (χ4n) is 3.38. The van der Waals surface area contributed by atoms with E-state index in [0.29, 0.717) is 11.1 Å². The molecule has 0 atom stereocenters. The zero-order valence-corrected chi connectivity index (χ0v) is 18.2. The van der Waals surface area contributed by atoms with Crippen molar-refractivity contribution in [2.24, 2.45) is 0 Å².